The van der Waals surface area contributed by atoms with Crippen LogP contribution in [-0.2, 0) is 19.1 Å². The third kappa shape index (κ3) is 5.82. The number of ether oxygens (including phenoxy) is 2. The van der Waals surface area contributed by atoms with E-state index in [2.05, 4.69) is 5.32 Å². The second-order valence-corrected chi connectivity index (χ2v) is 9.33. The van der Waals surface area contributed by atoms with Gasteiger partial charge < -0.3 is 24.8 Å². The molecule has 1 fully saturated rings. The van der Waals surface area contributed by atoms with Gasteiger partial charge in [0.2, 0.25) is 5.91 Å². The monoisotopic (exact) mass is 480 g/mol. The summed E-state index contributed by atoms with van der Waals surface area (Å²) in [7, 11) is 0. The molecule has 0 radical (unpaired) electrons. The maximum absolute atomic E-state index is 13.0. The van der Waals surface area contributed by atoms with Crippen LogP contribution in [0.15, 0.2) is 48.5 Å². The number of nitrogens with one attached hydrogen (secondary N) is 1. The Morgan fingerprint density at radius 2 is 1.57 bits per heavy atom. The number of alkyl carbamates (subject to hydrolysis) is 1. The molecule has 2 amide bonds. The Labute approximate surface area is 205 Å². The Morgan fingerprint density at radius 1 is 1.00 bits per heavy atom. The summed E-state index contributed by atoms with van der Waals surface area (Å²) in [5, 5.41) is 11.8. The Bertz CT molecular complexity index is 1030. The van der Waals surface area contributed by atoms with Crippen molar-refractivity contribution in [1.29, 1.82) is 0 Å². The normalized spacial score (nSPS) is 16.5. The first-order valence-electron chi connectivity index (χ1n) is 12.1. The number of rotatable bonds is 8. The standard InChI is InChI=1S/C27H32N2O6/c1-17(2)35-18-11-13-29(14-12-18)26(32)24(15-25(30)31)28-27(33)34-16-23-21-9-5-3-7-19(21)20-8-4-6-10-22(20)23/h3-10,17-18,23-24H,11-16H2,1-2H3,(H,28,33)(H,30,31). The molecule has 1 saturated heterocycles. The van der Waals surface area contributed by atoms with E-state index in [-0.39, 0.29) is 24.7 Å². The van der Waals surface area contributed by atoms with Crippen molar-refractivity contribution in [2.24, 2.45) is 0 Å². The van der Waals surface area contributed by atoms with Gasteiger partial charge in [-0.15, -0.1) is 0 Å². The number of piperidine rings is 1. The fourth-order valence-corrected chi connectivity index (χ4v) is 4.97. The second-order valence-electron chi connectivity index (χ2n) is 9.33. The highest BCUT2D eigenvalue weighted by Gasteiger charge is 2.33. The van der Waals surface area contributed by atoms with Crippen molar-refractivity contribution in [3.05, 3.63) is 59.7 Å². The number of carbonyl (C=O) groups is 3. The molecule has 4 rings (SSSR count). The largest absolute Gasteiger partial charge is 0.481 e. The van der Waals surface area contributed by atoms with Crippen LogP contribution in [0.2, 0.25) is 0 Å². The molecule has 2 aliphatic rings. The number of hydrogen-bond acceptors (Lipinski definition) is 5. The molecule has 1 heterocycles. The molecule has 2 aromatic rings. The van der Waals surface area contributed by atoms with Crippen LogP contribution in [0.1, 0.15) is 50.2 Å². The number of nitrogens with zero attached hydrogens (tertiary/aromatic N) is 1. The lowest BCUT2D eigenvalue weighted by atomic mass is 9.98. The lowest BCUT2D eigenvalue weighted by Crippen LogP contribution is -2.52. The van der Waals surface area contributed by atoms with Crippen molar-refractivity contribution < 1.29 is 29.0 Å². The van der Waals surface area contributed by atoms with E-state index in [9.17, 15) is 19.5 Å². The van der Waals surface area contributed by atoms with Gasteiger partial charge in [0.15, 0.2) is 0 Å². The van der Waals surface area contributed by atoms with Crippen LogP contribution in [0, 0.1) is 0 Å². The number of aliphatic carboxylic acids is 1. The molecule has 2 aromatic carbocycles. The Balaban J connectivity index is 1.37. The minimum Gasteiger partial charge on any atom is -0.481 e. The number of carbonyl (C=O) groups excluding carboxylic acids is 2. The molecule has 1 unspecified atom stereocenters. The summed E-state index contributed by atoms with van der Waals surface area (Å²) < 4.78 is 11.3. The number of hydrogen-bond donors (Lipinski definition) is 2. The van der Waals surface area contributed by atoms with Gasteiger partial charge >= 0.3 is 12.1 Å². The van der Waals surface area contributed by atoms with Crippen LogP contribution in [0.4, 0.5) is 4.79 Å². The number of carboxylic acids is 1. The number of benzene rings is 2. The molecular weight excluding hydrogens is 448 g/mol. The van der Waals surface area contributed by atoms with Gasteiger partial charge in [0, 0.05) is 19.0 Å². The first-order chi connectivity index (χ1) is 16.8. The SMILES string of the molecule is CC(C)OC1CCN(C(=O)C(CC(=O)O)NC(=O)OCC2c3ccccc3-c3ccccc32)CC1. The van der Waals surface area contributed by atoms with Gasteiger partial charge in [0.25, 0.3) is 0 Å². The summed E-state index contributed by atoms with van der Waals surface area (Å²) in [6.45, 7) is 4.95. The van der Waals surface area contributed by atoms with Crippen molar-refractivity contribution in [2.45, 2.75) is 57.3 Å². The van der Waals surface area contributed by atoms with E-state index in [1.54, 1.807) is 4.90 Å². The van der Waals surface area contributed by atoms with Crippen LogP contribution in [0.25, 0.3) is 11.1 Å². The number of likely N-dealkylation sites (tertiary alicyclic amines) is 1. The maximum Gasteiger partial charge on any atom is 0.407 e. The van der Waals surface area contributed by atoms with E-state index in [0.29, 0.717) is 25.9 Å². The van der Waals surface area contributed by atoms with E-state index in [4.69, 9.17) is 9.47 Å². The lowest BCUT2D eigenvalue weighted by Gasteiger charge is -2.34. The van der Waals surface area contributed by atoms with Gasteiger partial charge in [0.1, 0.15) is 12.6 Å². The van der Waals surface area contributed by atoms with Gasteiger partial charge in [-0.25, -0.2) is 4.79 Å². The summed E-state index contributed by atoms with van der Waals surface area (Å²) >= 11 is 0. The highest BCUT2D eigenvalue weighted by atomic mass is 16.5. The molecular formula is C27H32N2O6. The zero-order chi connectivity index (χ0) is 24.9. The van der Waals surface area contributed by atoms with Crippen LogP contribution in [-0.4, -0.2) is 65.9 Å². The smallest absolute Gasteiger partial charge is 0.407 e. The molecule has 1 atom stereocenters. The van der Waals surface area contributed by atoms with Crippen molar-refractivity contribution >= 4 is 18.0 Å². The summed E-state index contributed by atoms with van der Waals surface area (Å²) in [6, 6.07) is 14.8. The minimum absolute atomic E-state index is 0.0760. The van der Waals surface area contributed by atoms with Crippen molar-refractivity contribution in [3.8, 4) is 11.1 Å². The quantitative estimate of drug-likeness (QED) is 0.596. The van der Waals surface area contributed by atoms with Crippen LogP contribution >= 0.6 is 0 Å². The van der Waals surface area contributed by atoms with Crippen molar-refractivity contribution in [1.82, 2.24) is 10.2 Å². The summed E-state index contributed by atoms with van der Waals surface area (Å²) in [4.78, 5) is 38.7. The maximum atomic E-state index is 13.0. The average Bonchev–Trinajstić information content (AvgIpc) is 3.15. The molecule has 0 aromatic heterocycles. The highest BCUT2D eigenvalue weighted by molar-refractivity contribution is 5.89. The first-order valence-corrected chi connectivity index (χ1v) is 12.1. The minimum atomic E-state index is -1.19. The van der Waals surface area contributed by atoms with Gasteiger partial charge in [0.05, 0.1) is 18.6 Å². The van der Waals surface area contributed by atoms with Gasteiger partial charge in [-0.3, -0.25) is 9.59 Å². The summed E-state index contributed by atoms with van der Waals surface area (Å²) in [5.74, 6) is -1.70. The Morgan fingerprint density at radius 3 is 2.11 bits per heavy atom. The van der Waals surface area contributed by atoms with Crippen molar-refractivity contribution in [2.75, 3.05) is 19.7 Å². The van der Waals surface area contributed by atoms with Crippen LogP contribution in [0.5, 0.6) is 0 Å². The molecule has 2 N–H and O–H groups in total. The molecule has 186 valence electrons. The van der Waals surface area contributed by atoms with E-state index in [0.717, 1.165) is 22.3 Å². The van der Waals surface area contributed by atoms with Gasteiger partial charge in [-0.1, -0.05) is 48.5 Å². The second kappa shape index (κ2) is 10.9. The third-order valence-corrected chi connectivity index (χ3v) is 6.53. The fraction of sp³-hybridized carbons (Fsp3) is 0.444. The number of fused-ring (bicyclic) bond motifs is 3. The Hall–Kier alpha value is -3.39. The zero-order valence-corrected chi connectivity index (χ0v) is 20.1. The molecule has 8 nitrogen and oxygen atoms in total. The number of carboxylic acid groups (broad SMARTS) is 1. The average molecular weight is 481 g/mol. The van der Waals surface area contributed by atoms with Crippen LogP contribution < -0.4 is 5.32 Å². The first kappa shape index (κ1) is 24.7. The van der Waals surface area contributed by atoms with Gasteiger partial charge in [-0.05, 0) is 48.9 Å². The molecule has 1 aliphatic carbocycles. The molecule has 1 aliphatic heterocycles. The molecule has 0 spiro atoms. The predicted molar refractivity (Wildman–Crippen MR) is 130 cm³/mol. The van der Waals surface area contributed by atoms with Crippen LogP contribution in [0.3, 0.4) is 0 Å². The van der Waals surface area contributed by atoms with E-state index in [1.165, 1.54) is 0 Å². The predicted octanol–water partition coefficient (Wildman–Crippen LogP) is 3.78. The Kier molecular flexibility index (Phi) is 7.70. The molecule has 0 saturated carbocycles. The number of amides is 2. The van der Waals surface area contributed by atoms with E-state index < -0.39 is 30.4 Å². The third-order valence-electron chi connectivity index (χ3n) is 6.53. The van der Waals surface area contributed by atoms with E-state index in [1.807, 2.05) is 62.4 Å². The summed E-state index contributed by atoms with van der Waals surface area (Å²) in [6.07, 6.45) is 0.225. The fourth-order valence-electron chi connectivity index (χ4n) is 4.97. The topological polar surface area (TPSA) is 105 Å². The van der Waals surface area contributed by atoms with E-state index >= 15 is 0 Å². The molecule has 8 heteroatoms. The van der Waals surface area contributed by atoms with Gasteiger partial charge in [-0.2, -0.15) is 0 Å². The molecule has 35 heavy (non-hydrogen) atoms. The summed E-state index contributed by atoms with van der Waals surface area (Å²) in [5.41, 5.74) is 4.37. The zero-order valence-electron chi connectivity index (χ0n) is 20.1. The highest BCUT2D eigenvalue weighted by Crippen LogP contribution is 2.44. The molecule has 0 bridgehead atoms. The van der Waals surface area contributed by atoms with Crippen molar-refractivity contribution in [3.63, 3.8) is 0 Å². The lowest BCUT2D eigenvalue weighted by molar-refractivity contribution is -0.144.